The van der Waals surface area contributed by atoms with Crippen molar-refractivity contribution in [2.45, 2.75) is 13.3 Å². The molecule has 0 unspecified atom stereocenters. The van der Waals surface area contributed by atoms with Crippen LogP contribution in [-0.4, -0.2) is 9.55 Å². The standard InChI is InChI=1S/C45H32N2/c1-2-43-46-41-26-9-10-27-42(41)47(43)34-19-12-17-32(29-34)31-16-11-18-33(28-31)44-37-21-5-7-23-39(37)45(40-24-8-6-22-38(40)44)36-25-13-15-30-14-3-4-20-35(30)36/h3-29H,2H2,1H3. The molecule has 9 rings (SSSR count). The fraction of sp³-hybridized carbons (Fsp3) is 0.0444. The van der Waals surface area contributed by atoms with Crippen LogP contribution in [0.4, 0.5) is 0 Å². The Kier molecular flexibility index (Phi) is 6.46. The summed E-state index contributed by atoms with van der Waals surface area (Å²) in [5.41, 5.74) is 10.7. The van der Waals surface area contributed by atoms with Gasteiger partial charge in [-0.2, -0.15) is 0 Å². The maximum Gasteiger partial charge on any atom is 0.114 e. The summed E-state index contributed by atoms with van der Waals surface area (Å²) >= 11 is 0. The summed E-state index contributed by atoms with van der Waals surface area (Å²) < 4.78 is 2.30. The molecule has 0 fully saturated rings. The van der Waals surface area contributed by atoms with E-state index in [0.717, 1.165) is 29.0 Å². The predicted octanol–water partition coefficient (Wildman–Crippen LogP) is 12.0. The smallest absolute Gasteiger partial charge is 0.114 e. The average Bonchev–Trinajstić information content (AvgIpc) is 3.53. The Labute approximate surface area is 274 Å². The molecule has 0 aliphatic carbocycles. The van der Waals surface area contributed by atoms with E-state index in [2.05, 4.69) is 175 Å². The van der Waals surface area contributed by atoms with E-state index in [-0.39, 0.29) is 0 Å². The largest absolute Gasteiger partial charge is 0.296 e. The number of para-hydroxylation sites is 2. The van der Waals surface area contributed by atoms with Gasteiger partial charge in [0.15, 0.2) is 0 Å². The molecule has 0 radical (unpaired) electrons. The molecule has 0 aliphatic heterocycles. The molecular formula is C45H32N2. The normalized spacial score (nSPS) is 11.6. The third-order valence-electron chi connectivity index (χ3n) is 9.53. The molecule has 2 nitrogen and oxygen atoms in total. The quantitative estimate of drug-likeness (QED) is 0.180. The lowest BCUT2D eigenvalue weighted by molar-refractivity contribution is 0.908. The van der Waals surface area contributed by atoms with Crippen LogP contribution in [0.3, 0.4) is 0 Å². The second-order valence-corrected chi connectivity index (χ2v) is 12.2. The summed E-state index contributed by atoms with van der Waals surface area (Å²) in [5, 5.41) is 7.59. The predicted molar refractivity (Wildman–Crippen MR) is 199 cm³/mol. The minimum absolute atomic E-state index is 0.864. The monoisotopic (exact) mass is 600 g/mol. The zero-order valence-electron chi connectivity index (χ0n) is 26.2. The highest BCUT2D eigenvalue weighted by molar-refractivity contribution is 6.23. The second kappa shape index (κ2) is 11.1. The molecule has 1 heterocycles. The van der Waals surface area contributed by atoms with Crippen molar-refractivity contribution in [3.8, 4) is 39.1 Å². The highest BCUT2D eigenvalue weighted by Crippen LogP contribution is 2.45. The van der Waals surface area contributed by atoms with E-state index in [4.69, 9.17) is 4.98 Å². The molecule has 0 bridgehead atoms. The number of benzene rings is 8. The van der Waals surface area contributed by atoms with E-state index in [9.17, 15) is 0 Å². The summed E-state index contributed by atoms with van der Waals surface area (Å²) in [6, 6.07) is 59.5. The SMILES string of the molecule is CCc1nc2ccccc2n1-c1cccc(-c2cccc(-c3c4ccccc4c(-c4cccc5ccccc45)c4ccccc34)c2)c1. The van der Waals surface area contributed by atoms with Crippen LogP contribution in [-0.2, 0) is 6.42 Å². The van der Waals surface area contributed by atoms with Gasteiger partial charge in [-0.25, -0.2) is 4.98 Å². The van der Waals surface area contributed by atoms with Gasteiger partial charge in [-0.1, -0.05) is 140 Å². The van der Waals surface area contributed by atoms with Crippen LogP contribution in [0.2, 0.25) is 0 Å². The molecule has 0 spiro atoms. The summed E-state index contributed by atoms with van der Waals surface area (Å²) in [6.07, 6.45) is 0.864. The Morgan fingerprint density at radius 3 is 1.77 bits per heavy atom. The van der Waals surface area contributed by atoms with Crippen molar-refractivity contribution in [2.75, 3.05) is 0 Å². The van der Waals surface area contributed by atoms with Crippen LogP contribution in [0.25, 0.3) is 82.4 Å². The molecule has 0 amide bonds. The van der Waals surface area contributed by atoms with Crippen molar-refractivity contribution in [3.05, 3.63) is 170 Å². The molecular weight excluding hydrogens is 569 g/mol. The number of hydrogen-bond donors (Lipinski definition) is 0. The number of nitrogens with zero attached hydrogens (tertiary/aromatic N) is 2. The summed E-state index contributed by atoms with van der Waals surface area (Å²) in [6.45, 7) is 2.17. The molecule has 0 aliphatic rings. The van der Waals surface area contributed by atoms with Gasteiger partial charge in [-0.15, -0.1) is 0 Å². The molecule has 8 aromatic carbocycles. The average molecular weight is 601 g/mol. The molecule has 0 atom stereocenters. The van der Waals surface area contributed by atoms with E-state index in [1.165, 1.54) is 65.7 Å². The van der Waals surface area contributed by atoms with Crippen molar-refractivity contribution in [3.63, 3.8) is 0 Å². The minimum atomic E-state index is 0.864. The van der Waals surface area contributed by atoms with Gasteiger partial charge in [0, 0.05) is 12.1 Å². The Morgan fingerprint density at radius 1 is 0.468 bits per heavy atom. The van der Waals surface area contributed by atoms with Gasteiger partial charge < -0.3 is 0 Å². The second-order valence-electron chi connectivity index (χ2n) is 12.2. The third-order valence-corrected chi connectivity index (χ3v) is 9.53. The van der Waals surface area contributed by atoms with Crippen molar-refractivity contribution < 1.29 is 0 Å². The van der Waals surface area contributed by atoms with E-state index >= 15 is 0 Å². The fourth-order valence-electron chi connectivity index (χ4n) is 7.45. The molecule has 47 heavy (non-hydrogen) atoms. The number of fused-ring (bicyclic) bond motifs is 4. The first-order valence-corrected chi connectivity index (χ1v) is 16.4. The van der Waals surface area contributed by atoms with Crippen LogP contribution in [0.15, 0.2) is 164 Å². The van der Waals surface area contributed by atoms with Gasteiger partial charge in [-0.05, 0) is 96.0 Å². The molecule has 222 valence electrons. The van der Waals surface area contributed by atoms with Gasteiger partial charge in [0.1, 0.15) is 5.82 Å². The van der Waals surface area contributed by atoms with Gasteiger partial charge >= 0.3 is 0 Å². The first-order chi connectivity index (χ1) is 23.3. The molecule has 0 saturated carbocycles. The maximum absolute atomic E-state index is 4.93. The van der Waals surface area contributed by atoms with Crippen molar-refractivity contribution in [1.82, 2.24) is 9.55 Å². The molecule has 0 N–H and O–H groups in total. The fourth-order valence-corrected chi connectivity index (χ4v) is 7.45. The van der Waals surface area contributed by atoms with E-state index in [0.29, 0.717) is 0 Å². The van der Waals surface area contributed by atoms with E-state index in [1.807, 2.05) is 0 Å². The van der Waals surface area contributed by atoms with Crippen molar-refractivity contribution in [1.29, 1.82) is 0 Å². The third kappa shape index (κ3) is 4.45. The number of hydrogen-bond acceptors (Lipinski definition) is 1. The van der Waals surface area contributed by atoms with Crippen LogP contribution < -0.4 is 0 Å². The van der Waals surface area contributed by atoms with Crippen LogP contribution in [0, 0.1) is 0 Å². The lowest BCUT2D eigenvalue weighted by Crippen LogP contribution is -2.00. The van der Waals surface area contributed by atoms with Gasteiger partial charge in [0.05, 0.1) is 11.0 Å². The lowest BCUT2D eigenvalue weighted by Gasteiger charge is -2.19. The summed E-state index contributed by atoms with van der Waals surface area (Å²) in [4.78, 5) is 4.93. The van der Waals surface area contributed by atoms with Crippen molar-refractivity contribution in [2.24, 2.45) is 0 Å². The Bertz CT molecular complexity index is 2560. The number of aryl methyl sites for hydroxylation is 1. The molecule has 9 aromatic rings. The lowest BCUT2D eigenvalue weighted by atomic mass is 9.84. The van der Waals surface area contributed by atoms with Crippen molar-refractivity contribution >= 4 is 43.4 Å². The topological polar surface area (TPSA) is 17.8 Å². The highest BCUT2D eigenvalue weighted by Gasteiger charge is 2.18. The number of aromatic nitrogens is 2. The first-order valence-electron chi connectivity index (χ1n) is 16.4. The first kappa shape index (κ1) is 27.3. The number of imidazole rings is 1. The van der Waals surface area contributed by atoms with Gasteiger partial charge in [-0.3, -0.25) is 4.57 Å². The zero-order chi connectivity index (χ0) is 31.3. The Hall–Kier alpha value is -5.99. The van der Waals surface area contributed by atoms with E-state index < -0.39 is 0 Å². The van der Waals surface area contributed by atoms with E-state index in [1.54, 1.807) is 0 Å². The summed E-state index contributed by atoms with van der Waals surface area (Å²) in [5.74, 6) is 1.07. The Balaban J connectivity index is 1.25. The van der Waals surface area contributed by atoms with Crippen LogP contribution in [0.5, 0.6) is 0 Å². The Morgan fingerprint density at radius 2 is 1.02 bits per heavy atom. The molecule has 0 saturated heterocycles. The summed E-state index contributed by atoms with van der Waals surface area (Å²) in [7, 11) is 0. The van der Waals surface area contributed by atoms with Crippen LogP contribution >= 0.6 is 0 Å². The number of rotatable bonds is 5. The molecule has 2 heteroatoms. The highest BCUT2D eigenvalue weighted by atomic mass is 15.1. The van der Waals surface area contributed by atoms with Gasteiger partial charge in [0.2, 0.25) is 0 Å². The molecule has 1 aromatic heterocycles. The minimum Gasteiger partial charge on any atom is -0.296 e. The maximum atomic E-state index is 4.93. The van der Waals surface area contributed by atoms with Gasteiger partial charge in [0.25, 0.3) is 0 Å². The van der Waals surface area contributed by atoms with Crippen LogP contribution in [0.1, 0.15) is 12.7 Å². The zero-order valence-corrected chi connectivity index (χ0v) is 26.2.